The molecule has 0 radical (unpaired) electrons. The minimum Gasteiger partial charge on any atom is -0.335 e. The normalized spacial score (nSPS) is 14.2. The van der Waals surface area contributed by atoms with Gasteiger partial charge in [-0.3, -0.25) is 4.79 Å². The Labute approximate surface area is 186 Å². The van der Waals surface area contributed by atoms with Crippen molar-refractivity contribution in [3.63, 3.8) is 0 Å². The van der Waals surface area contributed by atoms with E-state index in [2.05, 4.69) is 15.1 Å². The van der Waals surface area contributed by atoms with E-state index in [1.807, 2.05) is 0 Å². The minimum absolute atomic E-state index is 0.0330. The molecule has 0 N–H and O–H groups in total. The molecular formula is C21H20ClF4N5O. The van der Waals surface area contributed by atoms with Crippen LogP contribution in [0.1, 0.15) is 47.6 Å². The van der Waals surface area contributed by atoms with Gasteiger partial charge in [-0.15, -0.1) is 5.10 Å². The van der Waals surface area contributed by atoms with E-state index in [9.17, 15) is 22.4 Å². The topological polar surface area (TPSA) is 63.4 Å². The number of hydrogen-bond acceptors (Lipinski definition) is 4. The maximum absolute atomic E-state index is 14.2. The van der Waals surface area contributed by atoms with Crippen LogP contribution in [0.15, 0.2) is 18.2 Å². The van der Waals surface area contributed by atoms with Gasteiger partial charge < -0.3 is 4.90 Å². The zero-order chi connectivity index (χ0) is 23.2. The molecule has 0 saturated heterocycles. The minimum atomic E-state index is -4.68. The van der Waals surface area contributed by atoms with E-state index in [-0.39, 0.29) is 47.7 Å². The first-order chi connectivity index (χ1) is 15.1. The molecule has 0 atom stereocenters. The fraction of sp³-hybridized carbons (Fsp3) is 0.429. The quantitative estimate of drug-likeness (QED) is 0.492. The molecule has 1 fully saturated rings. The molecule has 0 bridgehead atoms. The van der Waals surface area contributed by atoms with Crippen molar-refractivity contribution in [2.75, 3.05) is 0 Å². The molecule has 0 aliphatic heterocycles. The Balaban J connectivity index is 1.55. The highest BCUT2D eigenvalue weighted by molar-refractivity contribution is 6.31. The van der Waals surface area contributed by atoms with E-state index in [0.29, 0.717) is 17.0 Å². The van der Waals surface area contributed by atoms with Gasteiger partial charge in [-0.2, -0.15) is 18.2 Å². The number of halogens is 5. The van der Waals surface area contributed by atoms with Crippen LogP contribution in [0, 0.1) is 19.7 Å². The number of alkyl halides is 3. The molecule has 1 aromatic carbocycles. The number of hydrogen-bond donors (Lipinski definition) is 0. The Bertz CT molecular complexity index is 1170. The average molecular weight is 470 g/mol. The summed E-state index contributed by atoms with van der Waals surface area (Å²) >= 11 is 6.13. The van der Waals surface area contributed by atoms with E-state index >= 15 is 0 Å². The fourth-order valence-corrected chi connectivity index (χ4v) is 3.95. The van der Waals surface area contributed by atoms with Crippen LogP contribution in [0.5, 0.6) is 0 Å². The third kappa shape index (κ3) is 4.41. The van der Waals surface area contributed by atoms with E-state index in [4.69, 9.17) is 11.6 Å². The van der Waals surface area contributed by atoms with Crippen molar-refractivity contribution < 1.29 is 22.4 Å². The number of benzene rings is 1. The molecule has 3 aromatic rings. The number of aryl methyl sites for hydroxylation is 2. The second-order valence-electron chi connectivity index (χ2n) is 7.86. The summed E-state index contributed by atoms with van der Waals surface area (Å²) in [6, 6.07) is 4.42. The molecule has 1 aliphatic carbocycles. The number of carbonyl (C=O) groups excluding carboxylic acids is 1. The first kappa shape index (κ1) is 22.4. The molecule has 11 heteroatoms. The van der Waals surface area contributed by atoms with Crippen LogP contribution in [0.4, 0.5) is 17.6 Å². The van der Waals surface area contributed by atoms with E-state index in [1.165, 1.54) is 12.1 Å². The lowest BCUT2D eigenvalue weighted by molar-refractivity contribution is -0.144. The maximum atomic E-state index is 14.2. The molecule has 0 unspecified atom stereocenters. The lowest BCUT2D eigenvalue weighted by atomic mass is 10.1. The molecule has 4 rings (SSSR count). The molecular weight excluding hydrogens is 450 g/mol. The van der Waals surface area contributed by atoms with Crippen molar-refractivity contribution >= 4 is 23.3 Å². The Morgan fingerprint density at radius 3 is 2.56 bits per heavy atom. The first-order valence-corrected chi connectivity index (χ1v) is 10.5. The van der Waals surface area contributed by atoms with Crippen molar-refractivity contribution in [2.45, 2.75) is 58.3 Å². The van der Waals surface area contributed by atoms with Gasteiger partial charge >= 0.3 is 6.18 Å². The molecule has 0 spiro atoms. The Morgan fingerprint density at radius 1 is 1.22 bits per heavy atom. The van der Waals surface area contributed by atoms with Crippen LogP contribution < -0.4 is 0 Å². The van der Waals surface area contributed by atoms with Gasteiger partial charge in [0.25, 0.3) is 11.6 Å². The monoisotopic (exact) mass is 469 g/mol. The number of fused-ring (bicyclic) bond motifs is 1. The van der Waals surface area contributed by atoms with Crippen LogP contribution in [0.3, 0.4) is 0 Å². The summed E-state index contributed by atoms with van der Waals surface area (Å²) < 4.78 is 54.2. The molecule has 1 aliphatic rings. The van der Waals surface area contributed by atoms with Gasteiger partial charge in [-0.1, -0.05) is 17.7 Å². The van der Waals surface area contributed by atoms with Crippen LogP contribution >= 0.6 is 11.6 Å². The number of amides is 1. The smallest absolute Gasteiger partial charge is 0.335 e. The molecule has 170 valence electrons. The lowest BCUT2D eigenvalue weighted by Crippen LogP contribution is -2.33. The molecule has 1 saturated carbocycles. The van der Waals surface area contributed by atoms with Crippen LogP contribution in [0.25, 0.3) is 5.78 Å². The Hall–Kier alpha value is -2.75. The molecule has 32 heavy (non-hydrogen) atoms. The van der Waals surface area contributed by atoms with E-state index in [1.54, 1.807) is 24.8 Å². The number of nitrogens with zero attached hydrogens (tertiary/aromatic N) is 5. The summed E-state index contributed by atoms with van der Waals surface area (Å²) in [7, 11) is 0. The number of rotatable bonds is 6. The molecule has 6 nitrogen and oxygen atoms in total. The van der Waals surface area contributed by atoms with Gasteiger partial charge in [0.15, 0.2) is 0 Å². The van der Waals surface area contributed by atoms with Gasteiger partial charge in [-0.25, -0.2) is 13.9 Å². The highest BCUT2D eigenvalue weighted by Gasteiger charge is 2.37. The maximum Gasteiger partial charge on any atom is 0.453 e. The highest BCUT2D eigenvalue weighted by atomic mass is 35.5. The fourth-order valence-electron chi connectivity index (χ4n) is 3.73. The third-order valence-corrected chi connectivity index (χ3v) is 5.94. The van der Waals surface area contributed by atoms with Gasteiger partial charge in [0, 0.05) is 34.4 Å². The summed E-state index contributed by atoms with van der Waals surface area (Å²) in [6.45, 7) is 3.35. The number of aromatic nitrogens is 4. The standard InChI is InChI=1S/C21H20ClF4N5O/c1-11-14(12(2)31-20(27-11)28-19(29-31)21(24,25)26)8-9-18(32)30(13-6-7-13)10-15-16(22)4-3-5-17(15)23/h3-5,13H,6-10H2,1-2H3. The SMILES string of the molecule is Cc1nc2nc(C(F)(F)F)nn2c(C)c1CCC(=O)N(Cc1c(F)cccc1Cl)C1CC1. The first-order valence-electron chi connectivity index (χ1n) is 10.1. The Kier molecular flexibility index (Phi) is 5.83. The van der Waals surface area contributed by atoms with Crippen LogP contribution in [0.2, 0.25) is 5.02 Å². The summed E-state index contributed by atoms with van der Waals surface area (Å²) in [5.74, 6) is -2.05. The zero-order valence-corrected chi connectivity index (χ0v) is 18.1. The number of carbonyl (C=O) groups is 1. The summed E-state index contributed by atoms with van der Waals surface area (Å²) in [5, 5.41) is 3.79. The molecule has 1 amide bonds. The van der Waals surface area contributed by atoms with Crippen molar-refractivity contribution in [3.05, 3.63) is 57.4 Å². The summed E-state index contributed by atoms with van der Waals surface area (Å²) in [5.41, 5.74) is 1.83. The second-order valence-corrected chi connectivity index (χ2v) is 8.27. The van der Waals surface area contributed by atoms with Crippen molar-refractivity contribution in [1.29, 1.82) is 0 Å². The Morgan fingerprint density at radius 2 is 1.94 bits per heavy atom. The van der Waals surface area contributed by atoms with Crippen molar-refractivity contribution in [1.82, 2.24) is 24.5 Å². The summed E-state index contributed by atoms with van der Waals surface area (Å²) in [6.07, 6.45) is -2.65. The molecule has 2 heterocycles. The van der Waals surface area contributed by atoms with E-state index < -0.39 is 17.8 Å². The van der Waals surface area contributed by atoms with Crippen molar-refractivity contribution in [2.24, 2.45) is 0 Å². The second kappa shape index (κ2) is 8.31. The molecule has 2 aromatic heterocycles. The van der Waals surface area contributed by atoms with Gasteiger partial charge in [0.05, 0.1) is 6.54 Å². The van der Waals surface area contributed by atoms with Gasteiger partial charge in [0.1, 0.15) is 5.82 Å². The van der Waals surface area contributed by atoms with Crippen molar-refractivity contribution in [3.8, 4) is 0 Å². The van der Waals surface area contributed by atoms with Gasteiger partial charge in [0.2, 0.25) is 5.91 Å². The lowest BCUT2D eigenvalue weighted by Gasteiger charge is -2.24. The van der Waals surface area contributed by atoms with E-state index in [0.717, 1.165) is 17.4 Å². The predicted molar refractivity (Wildman–Crippen MR) is 109 cm³/mol. The average Bonchev–Trinajstić information content (AvgIpc) is 3.44. The predicted octanol–water partition coefficient (Wildman–Crippen LogP) is 4.68. The largest absolute Gasteiger partial charge is 0.453 e. The highest BCUT2D eigenvalue weighted by Crippen LogP contribution is 2.32. The van der Waals surface area contributed by atoms with Crippen LogP contribution in [-0.2, 0) is 23.9 Å². The third-order valence-electron chi connectivity index (χ3n) is 5.59. The van der Waals surface area contributed by atoms with Crippen LogP contribution in [-0.4, -0.2) is 36.4 Å². The summed E-state index contributed by atoms with van der Waals surface area (Å²) in [4.78, 5) is 22.2. The van der Waals surface area contributed by atoms with Gasteiger partial charge in [-0.05, 0) is 50.8 Å². The zero-order valence-electron chi connectivity index (χ0n) is 17.4.